The summed E-state index contributed by atoms with van der Waals surface area (Å²) in [5, 5.41) is 0. The lowest BCUT2D eigenvalue weighted by molar-refractivity contribution is -0.144. The van der Waals surface area contributed by atoms with Crippen molar-refractivity contribution in [1.82, 2.24) is 9.62 Å². The molecule has 0 saturated carbocycles. The van der Waals surface area contributed by atoms with Crippen LogP contribution in [0.15, 0.2) is 0 Å². The topological polar surface area (TPSA) is 75.7 Å². The van der Waals surface area contributed by atoms with Gasteiger partial charge < -0.3 is 9.64 Å². The summed E-state index contributed by atoms with van der Waals surface area (Å²) in [4.78, 5) is 14.1. The van der Waals surface area contributed by atoms with Crippen molar-refractivity contribution >= 4 is 15.9 Å². The monoisotopic (exact) mass is 320 g/mol. The molecule has 0 radical (unpaired) electrons. The Hall–Kier alpha value is -0.660. The molecule has 0 bridgehead atoms. The number of nitrogens with zero attached hydrogens (tertiary/aromatic N) is 1. The third kappa shape index (κ3) is 7.78. The standard InChI is InChI=1S/C14H28N2O4S/c1-14(2,3)20-11-13(17)16-10-6-5-7-12(16)8-9-15-21(4,18)19/h12,15H,5-11H2,1-4H3. The first-order chi connectivity index (χ1) is 9.58. The number of rotatable bonds is 6. The van der Waals surface area contributed by atoms with E-state index in [4.69, 9.17) is 4.74 Å². The first-order valence-corrected chi connectivity index (χ1v) is 9.36. The fraction of sp³-hybridized carbons (Fsp3) is 0.929. The van der Waals surface area contributed by atoms with Crippen molar-refractivity contribution in [3.05, 3.63) is 0 Å². The summed E-state index contributed by atoms with van der Waals surface area (Å²) in [7, 11) is -3.17. The molecule has 1 amide bonds. The highest BCUT2D eigenvalue weighted by atomic mass is 32.2. The van der Waals surface area contributed by atoms with Crippen LogP contribution in [0.5, 0.6) is 0 Å². The normalized spacial score (nSPS) is 20.6. The summed E-state index contributed by atoms with van der Waals surface area (Å²) in [6.45, 7) is 6.95. The maximum atomic E-state index is 12.3. The van der Waals surface area contributed by atoms with E-state index in [0.717, 1.165) is 32.1 Å². The molecule has 1 N–H and O–H groups in total. The van der Waals surface area contributed by atoms with E-state index in [1.165, 1.54) is 0 Å². The quantitative estimate of drug-likeness (QED) is 0.796. The molecule has 1 fully saturated rings. The summed E-state index contributed by atoms with van der Waals surface area (Å²) in [6.07, 6.45) is 4.79. The van der Waals surface area contributed by atoms with Crippen molar-refractivity contribution < 1.29 is 17.9 Å². The molecular formula is C14H28N2O4S. The van der Waals surface area contributed by atoms with Gasteiger partial charge in [0.15, 0.2) is 0 Å². The summed E-state index contributed by atoms with van der Waals surface area (Å²) < 4.78 is 30.2. The van der Waals surface area contributed by atoms with E-state index in [1.54, 1.807) is 0 Å². The van der Waals surface area contributed by atoms with Crippen LogP contribution in [0.1, 0.15) is 46.5 Å². The zero-order valence-electron chi connectivity index (χ0n) is 13.5. The molecule has 1 saturated heterocycles. The number of hydrogen-bond donors (Lipinski definition) is 1. The number of hydrogen-bond acceptors (Lipinski definition) is 4. The van der Waals surface area contributed by atoms with Gasteiger partial charge in [-0.05, 0) is 46.5 Å². The second-order valence-electron chi connectivity index (χ2n) is 6.59. The zero-order chi connectivity index (χ0) is 16.1. The summed E-state index contributed by atoms with van der Waals surface area (Å²) >= 11 is 0. The minimum Gasteiger partial charge on any atom is -0.366 e. The molecule has 0 aromatic heterocycles. The van der Waals surface area contributed by atoms with E-state index < -0.39 is 10.0 Å². The number of carbonyl (C=O) groups excluding carboxylic acids is 1. The van der Waals surface area contributed by atoms with Crippen molar-refractivity contribution in [2.24, 2.45) is 0 Å². The molecule has 1 atom stereocenters. The molecule has 21 heavy (non-hydrogen) atoms. The van der Waals surface area contributed by atoms with Crippen LogP contribution < -0.4 is 4.72 Å². The molecule has 1 aliphatic heterocycles. The number of amides is 1. The number of likely N-dealkylation sites (tertiary alicyclic amines) is 1. The van der Waals surface area contributed by atoms with Crippen molar-refractivity contribution in [1.29, 1.82) is 0 Å². The van der Waals surface area contributed by atoms with Crippen LogP contribution in [0.25, 0.3) is 0 Å². The Balaban J connectivity index is 2.50. The maximum Gasteiger partial charge on any atom is 0.248 e. The highest BCUT2D eigenvalue weighted by Crippen LogP contribution is 2.20. The Morgan fingerprint density at radius 1 is 1.33 bits per heavy atom. The predicted octanol–water partition coefficient (Wildman–Crippen LogP) is 1.12. The van der Waals surface area contributed by atoms with Crippen LogP contribution in [-0.2, 0) is 19.6 Å². The molecule has 1 unspecified atom stereocenters. The van der Waals surface area contributed by atoms with Gasteiger partial charge >= 0.3 is 0 Å². The third-order valence-corrected chi connectivity index (χ3v) is 4.15. The van der Waals surface area contributed by atoms with Gasteiger partial charge in [-0.15, -0.1) is 0 Å². The van der Waals surface area contributed by atoms with E-state index in [2.05, 4.69) is 4.72 Å². The largest absolute Gasteiger partial charge is 0.366 e. The lowest BCUT2D eigenvalue weighted by atomic mass is 9.99. The van der Waals surface area contributed by atoms with Gasteiger partial charge in [-0.25, -0.2) is 13.1 Å². The molecule has 0 aliphatic carbocycles. The summed E-state index contributed by atoms with van der Waals surface area (Å²) in [5.74, 6) is -0.00557. The molecule has 1 heterocycles. The van der Waals surface area contributed by atoms with E-state index in [0.29, 0.717) is 13.0 Å². The van der Waals surface area contributed by atoms with Gasteiger partial charge in [0.1, 0.15) is 6.61 Å². The van der Waals surface area contributed by atoms with Crippen molar-refractivity contribution in [2.45, 2.75) is 58.1 Å². The van der Waals surface area contributed by atoms with Crippen LogP contribution in [-0.4, -0.2) is 56.8 Å². The minimum absolute atomic E-state index is 0.00557. The first-order valence-electron chi connectivity index (χ1n) is 7.46. The Morgan fingerprint density at radius 2 is 2.00 bits per heavy atom. The van der Waals surface area contributed by atoms with Crippen LogP contribution >= 0.6 is 0 Å². The molecule has 0 aromatic carbocycles. The van der Waals surface area contributed by atoms with Gasteiger partial charge in [-0.2, -0.15) is 0 Å². The Labute approximate surface area is 128 Å². The number of carbonyl (C=O) groups is 1. The number of ether oxygens (including phenoxy) is 1. The molecule has 1 aliphatic rings. The molecule has 124 valence electrons. The van der Waals surface area contributed by atoms with E-state index in [1.807, 2.05) is 25.7 Å². The Kier molecular flexibility index (Phi) is 6.62. The average Bonchev–Trinajstić information content (AvgIpc) is 2.34. The minimum atomic E-state index is -3.17. The first kappa shape index (κ1) is 18.4. The van der Waals surface area contributed by atoms with Crippen molar-refractivity contribution in [3.8, 4) is 0 Å². The predicted molar refractivity (Wildman–Crippen MR) is 82.5 cm³/mol. The van der Waals surface area contributed by atoms with Gasteiger partial charge in [-0.1, -0.05) is 0 Å². The van der Waals surface area contributed by atoms with Gasteiger partial charge in [0, 0.05) is 19.1 Å². The number of piperidine rings is 1. The van der Waals surface area contributed by atoms with Gasteiger partial charge in [0.2, 0.25) is 15.9 Å². The second kappa shape index (κ2) is 7.56. The fourth-order valence-electron chi connectivity index (χ4n) is 2.40. The zero-order valence-corrected chi connectivity index (χ0v) is 14.3. The molecule has 1 rings (SSSR count). The lowest BCUT2D eigenvalue weighted by Crippen LogP contribution is -2.47. The van der Waals surface area contributed by atoms with Crippen LogP contribution in [0, 0.1) is 0 Å². The highest BCUT2D eigenvalue weighted by Gasteiger charge is 2.27. The van der Waals surface area contributed by atoms with E-state index in [-0.39, 0.29) is 24.2 Å². The van der Waals surface area contributed by atoms with Crippen molar-refractivity contribution in [3.63, 3.8) is 0 Å². The lowest BCUT2D eigenvalue weighted by Gasteiger charge is -2.36. The van der Waals surface area contributed by atoms with Gasteiger partial charge in [0.25, 0.3) is 0 Å². The smallest absolute Gasteiger partial charge is 0.248 e. The molecule has 0 spiro atoms. The Morgan fingerprint density at radius 3 is 2.57 bits per heavy atom. The molecule has 6 nitrogen and oxygen atoms in total. The van der Waals surface area contributed by atoms with E-state index >= 15 is 0 Å². The second-order valence-corrected chi connectivity index (χ2v) is 8.43. The van der Waals surface area contributed by atoms with Crippen LogP contribution in [0.3, 0.4) is 0 Å². The average molecular weight is 320 g/mol. The number of sulfonamides is 1. The van der Waals surface area contributed by atoms with E-state index in [9.17, 15) is 13.2 Å². The summed E-state index contributed by atoms with van der Waals surface area (Å²) in [5.41, 5.74) is -0.335. The van der Waals surface area contributed by atoms with Crippen molar-refractivity contribution in [2.75, 3.05) is 26.0 Å². The SMILES string of the molecule is CC(C)(C)OCC(=O)N1CCCCC1CCNS(C)(=O)=O. The molecular weight excluding hydrogens is 292 g/mol. The third-order valence-electron chi connectivity index (χ3n) is 3.42. The summed E-state index contributed by atoms with van der Waals surface area (Å²) in [6, 6.07) is 0.101. The van der Waals surface area contributed by atoms with Gasteiger partial charge in [0.05, 0.1) is 11.9 Å². The van der Waals surface area contributed by atoms with Gasteiger partial charge in [-0.3, -0.25) is 4.79 Å². The van der Waals surface area contributed by atoms with Crippen LogP contribution in [0.2, 0.25) is 0 Å². The maximum absolute atomic E-state index is 12.3. The Bertz CT molecular complexity index is 442. The molecule has 7 heteroatoms. The number of nitrogens with one attached hydrogen (secondary N) is 1. The fourth-order valence-corrected chi connectivity index (χ4v) is 2.89. The van der Waals surface area contributed by atoms with Crippen LogP contribution in [0.4, 0.5) is 0 Å². The highest BCUT2D eigenvalue weighted by molar-refractivity contribution is 7.88. The molecule has 0 aromatic rings.